The fourth-order valence-corrected chi connectivity index (χ4v) is 4.68. The number of nitrogens with one attached hydrogen (secondary N) is 1. The first-order valence-corrected chi connectivity index (χ1v) is 11.1. The third-order valence-corrected chi connectivity index (χ3v) is 6.89. The molecule has 0 aromatic heterocycles. The Morgan fingerprint density at radius 2 is 1.66 bits per heavy atom. The summed E-state index contributed by atoms with van der Waals surface area (Å²) in [4.78, 5) is 16.6. The number of aryl methyl sites for hydroxylation is 1. The van der Waals surface area contributed by atoms with Crippen LogP contribution in [0.25, 0.3) is 0 Å². The highest BCUT2D eigenvalue weighted by atomic mass is 32.2. The van der Waals surface area contributed by atoms with Crippen LogP contribution >= 0.6 is 0 Å². The molecular formula is C21H26FN3O3S. The van der Waals surface area contributed by atoms with Crippen molar-refractivity contribution in [3.63, 3.8) is 0 Å². The van der Waals surface area contributed by atoms with Crippen molar-refractivity contribution in [2.45, 2.75) is 31.7 Å². The number of carbonyl (C=O) groups excluding carboxylic acids is 1. The molecule has 1 aliphatic heterocycles. The maximum Gasteiger partial charge on any atom is 0.241 e. The second-order valence-electron chi connectivity index (χ2n) is 7.33. The van der Waals surface area contributed by atoms with Gasteiger partial charge >= 0.3 is 0 Å². The molecule has 0 aliphatic carbocycles. The number of hydrogen-bond acceptors (Lipinski definition) is 4. The molecule has 1 N–H and O–H groups in total. The average molecular weight is 420 g/mol. The first-order valence-electron chi connectivity index (χ1n) is 9.57. The minimum atomic E-state index is -3.90. The molecule has 1 fully saturated rings. The predicted octanol–water partition coefficient (Wildman–Crippen LogP) is 2.46. The van der Waals surface area contributed by atoms with Crippen LogP contribution in [-0.2, 0) is 14.8 Å². The van der Waals surface area contributed by atoms with Gasteiger partial charge in [0.2, 0.25) is 15.9 Å². The molecule has 0 unspecified atom stereocenters. The maximum absolute atomic E-state index is 13.0. The van der Waals surface area contributed by atoms with E-state index in [1.165, 1.54) is 35.9 Å². The second-order valence-corrected chi connectivity index (χ2v) is 9.04. The molecule has 2 aromatic rings. The first kappa shape index (κ1) is 21.3. The standard InChI is InChI=1S/C21H26FN3O3S/c1-15-5-4-6-20(16(15)2)24-11-13-25(14-12-24)21(26)17(3)23-29(27,28)19-9-7-18(22)8-10-19/h4-10,17,23H,11-14H2,1-3H3/t17-/m1/s1. The van der Waals surface area contributed by atoms with Crippen LogP contribution in [0.1, 0.15) is 18.1 Å². The summed E-state index contributed by atoms with van der Waals surface area (Å²) >= 11 is 0. The van der Waals surface area contributed by atoms with Crippen LogP contribution in [0.2, 0.25) is 0 Å². The fourth-order valence-electron chi connectivity index (χ4n) is 3.48. The maximum atomic E-state index is 13.0. The number of sulfonamides is 1. The lowest BCUT2D eigenvalue weighted by Crippen LogP contribution is -2.54. The Kier molecular flexibility index (Phi) is 6.24. The third-order valence-electron chi connectivity index (χ3n) is 5.33. The number of nitrogens with zero attached hydrogens (tertiary/aromatic N) is 2. The molecule has 0 radical (unpaired) electrons. The third kappa shape index (κ3) is 4.76. The zero-order valence-electron chi connectivity index (χ0n) is 16.9. The molecular weight excluding hydrogens is 393 g/mol. The Morgan fingerprint density at radius 1 is 1.03 bits per heavy atom. The second kappa shape index (κ2) is 8.51. The van der Waals surface area contributed by atoms with Crippen LogP contribution < -0.4 is 9.62 Å². The minimum absolute atomic E-state index is 0.0710. The summed E-state index contributed by atoms with van der Waals surface area (Å²) in [6, 6.07) is 9.79. The van der Waals surface area contributed by atoms with E-state index >= 15 is 0 Å². The highest BCUT2D eigenvalue weighted by Gasteiger charge is 2.28. The molecule has 6 nitrogen and oxygen atoms in total. The van der Waals surface area contributed by atoms with E-state index in [9.17, 15) is 17.6 Å². The van der Waals surface area contributed by atoms with Gasteiger partial charge in [0.1, 0.15) is 5.82 Å². The van der Waals surface area contributed by atoms with Gasteiger partial charge in [0.15, 0.2) is 0 Å². The molecule has 29 heavy (non-hydrogen) atoms. The average Bonchev–Trinajstić information content (AvgIpc) is 2.69. The Labute approximate surface area is 171 Å². The van der Waals surface area contributed by atoms with E-state index in [2.05, 4.69) is 35.6 Å². The van der Waals surface area contributed by atoms with Crippen molar-refractivity contribution >= 4 is 21.6 Å². The fraction of sp³-hybridized carbons (Fsp3) is 0.381. The first-order chi connectivity index (χ1) is 13.7. The zero-order chi connectivity index (χ0) is 21.2. The summed E-state index contributed by atoms with van der Waals surface area (Å²) in [5.74, 6) is -0.786. The topological polar surface area (TPSA) is 69.7 Å². The molecule has 156 valence electrons. The molecule has 1 saturated heterocycles. The molecule has 0 bridgehead atoms. The molecule has 0 saturated carbocycles. The molecule has 1 heterocycles. The van der Waals surface area contributed by atoms with Crippen molar-refractivity contribution in [1.82, 2.24) is 9.62 Å². The van der Waals surface area contributed by atoms with Crippen molar-refractivity contribution in [3.8, 4) is 0 Å². The Bertz CT molecular complexity index is 985. The molecule has 1 amide bonds. The lowest BCUT2D eigenvalue weighted by molar-refractivity contribution is -0.132. The summed E-state index contributed by atoms with van der Waals surface area (Å²) < 4.78 is 40.3. The van der Waals surface area contributed by atoms with E-state index in [1.807, 2.05) is 6.07 Å². The SMILES string of the molecule is Cc1cccc(N2CCN(C(=O)[C@@H](C)NS(=O)(=O)c3ccc(F)cc3)CC2)c1C. The number of halogens is 1. The van der Waals surface area contributed by atoms with Gasteiger partial charge in [-0.25, -0.2) is 12.8 Å². The van der Waals surface area contributed by atoms with Gasteiger partial charge in [0.25, 0.3) is 0 Å². The predicted molar refractivity (Wildman–Crippen MR) is 111 cm³/mol. The molecule has 0 spiro atoms. The number of benzene rings is 2. The normalized spacial score (nSPS) is 16.0. The summed E-state index contributed by atoms with van der Waals surface area (Å²) in [6.07, 6.45) is 0. The van der Waals surface area contributed by atoms with Gasteiger partial charge in [-0.1, -0.05) is 12.1 Å². The molecule has 2 aromatic carbocycles. The monoisotopic (exact) mass is 419 g/mol. The Morgan fingerprint density at radius 3 is 2.28 bits per heavy atom. The number of carbonyl (C=O) groups is 1. The zero-order valence-corrected chi connectivity index (χ0v) is 17.7. The van der Waals surface area contributed by atoms with E-state index in [0.717, 1.165) is 12.1 Å². The van der Waals surface area contributed by atoms with Crippen molar-refractivity contribution in [3.05, 3.63) is 59.4 Å². The van der Waals surface area contributed by atoms with Gasteiger partial charge in [-0.3, -0.25) is 4.79 Å². The van der Waals surface area contributed by atoms with Crippen molar-refractivity contribution in [2.24, 2.45) is 0 Å². The van der Waals surface area contributed by atoms with Crippen LogP contribution in [0.3, 0.4) is 0 Å². The van der Waals surface area contributed by atoms with Crippen LogP contribution in [0, 0.1) is 19.7 Å². The van der Waals surface area contributed by atoms with E-state index < -0.39 is 21.9 Å². The number of amides is 1. The number of piperazine rings is 1. The van der Waals surface area contributed by atoms with Crippen LogP contribution in [0.5, 0.6) is 0 Å². The number of hydrogen-bond donors (Lipinski definition) is 1. The quantitative estimate of drug-likeness (QED) is 0.808. The van der Waals surface area contributed by atoms with E-state index in [0.29, 0.717) is 26.2 Å². The van der Waals surface area contributed by atoms with E-state index in [4.69, 9.17) is 0 Å². The van der Waals surface area contributed by atoms with E-state index in [1.54, 1.807) is 4.90 Å². The molecule has 1 atom stereocenters. The summed E-state index contributed by atoms with van der Waals surface area (Å²) in [6.45, 7) is 8.12. The molecule has 3 rings (SSSR count). The van der Waals surface area contributed by atoms with Gasteiger partial charge in [0, 0.05) is 31.9 Å². The minimum Gasteiger partial charge on any atom is -0.368 e. The van der Waals surface area contributed by atoms with Crippen molar-refractivity contribution < 1.29 is 17.6 Å². The van der Waals surface area contributed by atoms with Crippen LogP contribution in [0.15, 0.2) is 47.4 Å². The highest BCUT2D eigenvalue weighted by Crippen LogP contribution is 2.24. The Balaban J connectivity index is 1.61. The van der Waals surface area contributed by atoms with Crippen LogP contribution in [-0.4, -0.2) is 51.4 Å². The number of anilines is 1. The molecule has 1 aliphatic rings. The summed E-state index contributed by atoms with van der Waals surface area (Å²) in [5, 5.41) is 0. The largest absolute Gasteiger partial charge is 0.368 e. The van der Waals surface area contributed by atoms with Gasteiger partial charge < -0.3 is 9.80 Å². The van der Waals surface area contributed by atoms with Gasteiger partial charge in [-0.15, -0.1) is 0 Å². The lowest BCUT2D eigenvalue weighted by atomic mass is 10.1. The highest BCUT2D eigenvalue weighted by molar-refractivity contribution is 7.89. The van der Waals surface area contributed by atoms with Gasteiger partial charge in [-0.2, -0.15) is 4.72 Å². The number of rotatable bonds is 5. The smallest absolute Gasteiger partial charge is 0.241 e. The lowest BCUT2D eigenvalue weighted by Gasteiger charge is -2.38. The molecule has 8 heteroatoms. The van der Waals surface area contributed by atoms with Gasteiger partial charge in [-0.05, 0) is 62.2 Å². The van der Waals surface area contributed by atoms with Crippen molar-refractivity contribution in [1.29, 1.82) is 0 Å². The Hall–Kier alpha value is -2.45. The van der Waals surface area contributed by atoms with Crippen molar-refractivity contribution in [2.75, 3.05) is 31.1 Å². The van der Waals surface area contributed by atoms with Crippen LogP contribution in [0.4, 0.5) is 10.1 Å². The summed E-state index contributed by atoms with van der Waals surface area (Å²) in [5.41, 5.74) is 3.62. The van der Waals surface area contributed by atoms with E-state index in [-0.39, 0.29) is 10.8 Å². The van der Waals surface area contributed by atoms with Gasteiger partial charge in [0.05, 0.1) is 10.9 Å². The summed E-state index contributed by atoms with van der Waals surface area (Å²) in [7, 11) is -3.90.